The fourth-order valence-electron chi connectivity index (χ4n) is 3.25. The highest BCUT2D eigenvalue weighted by Crippen LogP contribution is 2.33. The fraction of sp³-hybridized carbons (Fsp3) is 0.929. The van der Waals surface area contributed by atoms with Crippen LogP contribution in [-0.2, 0) is 4.79 Å². The molecule has 4 heteroatoms. The number of nitrogens with one attached hydrogen (secondary N) is 2. The van der Waals surface area contributed by atoms with Crippen molar-refractivity contribution in [1.82, 2.24) is 10.6 Å². The van der Waals surface area contributed by atoms with E-state index in [9.17, 15) is 4.79 Å². The number of carbonyl (C=O) groups excluding carboxylic acids is 1. The number of nitrogens with two attached hydrogens (primary N) is 1. The van der Waals surface area contributed by atoms with Crippen LogP contribution in [0.2, 0.25) is 0 Å². The summed E-state index contributed by atoms with van der Waals surface area (Å²) >= 11 is 0. The molecule has 2 fully saturated rings. The molecule has 104 valence electrons. The van der Waals surface area contributed by atoms with Gasteiger partial charge in [0.2, 0.25) is 5.91 Å². The summed E-state index contributed by atoms with van der Waals surface area (Å²) in [5.41, 5.74) is 5.78. The lowest BCUT2D eigenvalue weighted by atomic mass is 9.75. The van der Waals surface area contributed by atoms with Crippen molar-refractivity contribution in [2.75, 3.05) is 13.1 Å². The first-order chi connectivity index (χ1) is 8.66. The van der Waals surface area contributed by atoms with Crippen LogP contribution in [0.5, 0.6) is 0 Å². The molecule has 1 amide bonds. The molecule has 4 N–H and O–H groups in total. The minimum Gasteiger partial charge on any atom is -0.353 e. The molecule has 1 saturated carbocycles. The number of amides is 1. The second-order valence-corrected chi connectivity index (χ2v) is 5.97. The third-order valence-electron chi connectivity index (χ3n) is 4.83. The quantitative estimate of drug-likeness (QED) is 0.707. The average molecular weight is 253 g/mol. The van der Waals surface area contributed by atoms with E-state index in [2.05, 4.69) is 17.6 Å². The lowest BCUT2D eigenvalue weighted by molar-refractivity contribution is -0.133. The summed E-state index contributed by atoms with van der Waals surface area (Å²) in [4.78, 5) is 12.5. The van der Waals surface area contributed by atoms with Gasteiger partial charge in [-0.3, -0.25) is 4.79 Å². The molecule has 1 saturated heterocycles. The summed E-state index contributed by atoms with van der Waals surface area (Å²) in [6.07, 6.45) is 7.09. The van der Waals surface area contributed by atoms with Gasteiger partial charge in [-0.15, -0.1) is 0 Å². The zero-order valence-corrected chi connectivity index (χ0v) is 11.5. The standard InChI is InChI=1S/C14H27N3O/c1-2-14(7-9-16-10-8-14)13(18)17-12-5-3-11(15)4-6-12/h11-12,16H,2-10,15H2,1H3,(H,17,18). The van der Waals surface area contributed by atoms with E-state index in [-0.39, 0.29) is 11.3 Å². The molecule has 4 nitrogen and oxygen atoms in total. The molecule has 0 spiro atoms. The molecule has 1 aliphatic carbocycles. The zero-order chi connectivity index (χ0) is 13.0. The molecule has 0 aromatic carbocycles. The maximum atomic E-state index is 12.5. The van der Waals surface area contributed by atoms with Crippen LogP contribution in [0.4, 0.5) is 0 Å². The van der Waals surface area contributed by atoms with Crippen LogP contribution in [0.1, 0.15) is 51.9 Å². The topological polar surface area (TPSA) is 67.2 Å². The third kappa shape index (κ3) is 3.04. The normalized spacial score (nSPS) is 31.9. The van der Waals surface area contributed by atoms with Crippen LogP contribution in [0.3, 0.4) is 0 Å². The number of piperidine rings is 1. The summed E-state index contributed by atoms with van der Waals surface area (Å²) in [6.45, 7) is 4.08. The van der Waals surface area contributed by atoms with Crippen LogP contribution >= 0.6 is 0 Å². The van der Waals surface area contributed by atoms with Crippen molar-refractivity contribution >= 4 is 5.91 Å². The lowest BCUT2D eigenvalue weighted by Gasteiger charge is -2.37. The number of carbonyl (C=O) groups is 1. The molecule has 0 radical (unpaired) electrons. The molecule has 2 rings (SSSR count). The van der Waals surface area contributed by atoms with Gasteiger partial charge in [-0.2, -0.15) is 0 Å². The molecule has 0 aromatic rings. The summed E-state index contributed by atoms with van der Waals surface area (Å²) in [5, 5.41) is 6.62. The maximum Gasteiger partial charge on any atom is 0.226 e. The van der Waals surface area contributed by atoms with Crippen LogP contribution in [0.15, 0.2) is 0 Å². The van der Waals surface area contributed by atoms with Gasteiger partial charge in [0.25, 0.3) is 0 Å². The Bertz CT molecular complexity index is 279. The Balaban J connectivity index is 1.89. The number of hydrogen-bond acceptors (Lipinski definition) is 3. The Morgan fingerprint density at radius 2 is 1.89 bits per heavy atom. The summed E-state index contributed by atoms with van der Waals surface area (Å²) in [7, 11) is 0. The van der Waals surface area contributed by atoms with E-state index in [0.717, 1.165) is 58.0 Å². The smallest absolute Gasteiger partial charge is 0.226 e. The van der Waals surface area contributed by atoms with E-state index in [0.29, 0.717) is 12.1 Å². The number of hydrogen-bond donors (Lipinski definition) is 3. The van der Waals surface area contributed by atoms with Crippen LogP contribution in [0.25, 0.3) is 0 Å². The van der Waals surface area contributed by atoms with Gasteiger partial charge in [0, 0.05) is 12.1 Å². The molecule has 1 aliphatic heterocycles. The van der Waals surface area contributed by atoms with E-state index in [1.807, 2.05) is 0 Å². The van der Waals surface area contributed by atoms with Gasteiger partial charge >= 0.3 is 0 Å². The fourth-order valence-corrected chi connectivity index (χ4v) is 3.25. The van der Waals surface area contributed by atoms with Crippen molar-refractivity contribution in [1.29, 1.82) is 0 Å². The molecule has 0 aromatic heterocycles. The summed E-state index contributed by atoms with van der Waals surface area (Å²) in [6, 6.07) is 0.702. The molecule has 0 bridgehead atoms. The summed E-state index contributed by atoms with van der Waals surface area (Å²) in [5.74, 6) is 0.284. The minimum atomic E-state index is -0.120. The molecule has 1 heterocycles. The van der Waals surface area contributed by atoms with Crippen molar-refractivity contribution in [3.8, 4) is 0 Å². The molecule has 0 unspecified atom stereocenters. The van der Waals surface area contributed by atoms with E-state index in [4.69, 9.17) is 5.73 Å². The SMILES string of the molecule is CCC1(C(=O)NC2CCC(N)CC2)CCNCC1. The maximum absolute atomic E-state index is 12.5. The van der Waals surface area contributed by atoms with Crippen molar-refractivity contribution in [2.45, 2.75) is 64.0 Å². The van der Waals surface area contributed by atoms with Crippen molar-refractivity contribution < 1.29 is 4.79 Å². The first kappa shape index (κ1) is 13.8. The van der Waals surface area contributed by atoms with Crippen molar-refractivity contribution in [3.05, 3.63) is 0 Å². The van der Waals surface area contributed by atoms with E-state index in [1.54, 1.807) is 0 Å². The molecular formula is C14H27N3O. The lowest BCUT2D eigenvalue weighted by Crippen LogP contribution is -2.51. The molecule has 0 atom stereocenters. The predicted octanol–water partition coefficient (Wildman–Crippen LogP) is 1.15. The first-order valence-electron chi connectivity index (χ1n) is 7.43. The predicted molar refractivity (Wildman–Crippen MR) is 73.2 cm³/mol. The Kier molecular flexibility index (Phi) is 4.62. The monoisotopic (exact) mass is 253 g/mol. The van der Waals surface area contributed by atoms with Crippen LogP contribution in [-0.4, -0.2) is 31.1 Å². The molecule has 18 heavy (non-hydrogen) atoms. The first-order valence-corrected chi connectivity index (χ1v) is 7.43. The minimum absolute atomic E-state index is 0.120. The summed E-state index contributed by atoms with van der Waals surface area (Å²) < 4.78 is 0. The van der Waals surface area contributed by atoms with Gasteiger partial charge in [-0.25, -0.2) is 0 Å². The largest absolute Gasteiger partial charge is 0.353 e. The Labute approximate surface area is 110 Å². The van der Waals surface area contributed by atoms with E-state index in [1.165, 1.54) is 0 Å². The third-order valence-corrected chi connectivity index (χ3v) is 4.83. The van der Waals surface area contributed by atoms with E-state index < -0.39 is 0 Å². The van der Waals surface area contributed by atoms with Gasteiger partial charge in [0.1, 0.15) is 0 Å². The van der Waals surface area contributed by atoms with Crippen LogP contribution in [0, 0.1) is 5.41 Å². The Morgan fingerprint density at radius 1 is 1.28 bits per heavy atom. The van der Waals surface area contributed by atoms with Crippen molar-refractivity contribution in [2.24, 2.45) is 11.1 Å². The highest BCUT2D eigenvalue weighted by molar-refractivity contribution is 5.83. The second kappa shape index (κ2) is 6.02. The highest BCUT2D eigenvalue weighted by atomic mass is 16.2. The van der Waals surface area contributed by atoms with Gasteiger partial charge in [0.15, 0.2) is 0 Å². The Hall–Kier alpha value is -0.610. The average Bonchev–Trinajstić information content (AvgIpc) is 2.42. The van der Waals surface area contributed by atoms with Gasteiger partial charge in [0.05, 0.1) is 5.41 Å². The molecule has 2 aliphatic rings. The Morgan fingerprint density at radius 3 is 2.44 bits per heavy atom. The van der Waals surface area contributed by atoms with Crippen molar-refractivity contribution in [3.63, 3.8) is 0 Å². The second-order valence-electron chi connectivity index (χ2n) is 5.97. The highest BCUT2D eigenvalue weighted by Gasteiger charge is 2.38. The van der Waals surface area contributed by atoms with Gasteiger partial charge < -0.3 is 16.4 Å². The zero-order valence-electron chi connectivity index (χ0n) is 11.5. The molecular weight excluding hydrogens is 226 g/mol. The van der Waals surface area contributed by atoms with Crippen LogP contribution < -0.4 is 16.4 Å². The van der Waals surface area contributed by atoms with Gasteiger partial charge in [-0.1, -0.05) is 6.92 Å². The number of rotatable bonds is 3. The van der Waals surface area contributed by atoms with E-state index >= 15 is 0 Å². The van der Waals surface area contributed by atoms with Gasteiger partial charge in [-0.05, 0) is 58.0 Å².